The summed E-state index contributed by atoms with van der Waals surface area (Å²) in [6.45, 7) is 3.88. The Morgan fingerprint density at radius 1 is 1.50 bits per heavy atom. The SMILES string of the molecule is CCCCC1(C)SS1(=O)=O. The van der Waals surface area contributed by atoms with Gasteiger partial charge in [0, 0.05) is 0 Å². The predicted octanol–water partition coefficient (Wildman–Crippen LogP) is 1.97. The van der Waals surface area contributed by atoms with Crippen molar-refractivity contribution in [1.29, 1.82) is 0 Å². The minimum Gasteiger partial charge on any atom is -0.216 e. The van der Waals surface area contributed by atoms with Crippen molar-refractivity contribution in [2.24, 2.45) is 0 Å². The Labute approximate surface area is 65.7 Å². The highest BCUT2D eigenvalue weighted by atomic mass is 33.2. The van der Waals surface area contributed by atoms with Crippen LogP contribution in [-0.4, -0.2) is 12.5 Å². The summed E-state index contributed by atoms with van der Waals surface area (Å²) in [5, 5.41) is 0. The second kappa shape index (κ2) is 2.41. The van der Waals surface area contributed by atoms with Crippen LogP contribution in [0.2, 0.25) is 0 Å². The van der Waals surface area contributed by atoms with Crippen molar-refractivity contribution in [3.05, 3.63) is 0 Å². The van der Waals surface area contributed by atoms with Gasteiger partial charge in [-0.1, -0.05) is 19.8 Å². The minimum absolute atomic E-state index is 0.414. The Morgan fingerprint density at radius 3 is 2.30 bits per heavy atom. The van der Waals surface area contributed by atoms with Gasteiger partial charge in [-0.3, -0.25) is 0 Å². The molecule has 0 aromatic carbocycles. The average molecular weight is 180 g/mol. The molecule has 0 radical (unpaired) electrons. The summed E-state index contributed by atoms with van der Waals surface area (Å²) in [5.41, 5.74) is 0. The predicted molar refractivity (Wildman–Crippen MR) is 44.4 cm³/mol. The van der Waals surface area contributed by atoms with Crippen LogP contribution in [0.1, 0.15) is 33.1 Å². The van der Waals surface area contributed by atoms with E-state index >= 15 is 0 Å². The highest BCUT2D eigenvalue weighted by Gasteiger charge is 2.58. The Bertz CT molecular complexity index is 220. The molecule has 2 nitrogen and oxygen atoms in total. The molecular weight excluding hydrogens is 168 g/mol. The molecule has 1 saturated heterocycles. The van der Waals surface area contributed by atoms with E-state index in [0.717, 1.165) is 30.1 Å². The molecule has 0 saturated carbocycles. The summed E-state index contributed by atoms with van der Waals surface area (Å²) < 4.78 is 21.3. The summed E-state index contributed by atoms with van der Waals surface area (Å²) in [5.74, 6) is 0. The van der Waals surface area contributed by atoms with Gasteiger partial charge in [-0.25, -0.2) is 8.42 Å². The smallest absolute Gasteiger partial charge is 0.216 e. The standard InChI is InChI=1S/C6H12O2S2/c1-3-4-5-6(2)9-10(6,7)8/h3-5H2,1-2H3. The van der Waals surface area contributed by atoms with Gasteiger partial charge in [-0.2, -0.15) is 0 Å². The number of unbranched alkanes of at least 4 members (excludes halogenated alkanes) is 1. The molecule has 0 amide bonds. The first kappa shape index (κ1) is 8.40. The fraction of sp³-hybridized carbons (Fsp3) is 1.00. The minimum atomic E-state index is -2.71. The fourth-order valence-corrected chi connectivity index (χ4v) is 4.22. The normalized spacial score (nSPS) is 35.8. The molecule has 0 aliphatic carbocycles. The van der Waals surface area contributed by atoms with Crippen LogP contribution in [0.15, 0.2) is 0 Å². The maximum absolute atomic E-state index is 10.9. The summed E-state index contributed by atoms with van der Waals surface area (Å²) >= 11 is 0. The van der Waals surface area contributed by atoms with Crippen molar-refractivity contribution >= 4 is 19.7 Å². The molecule has 1 unspecified atom stereocenters. The molecule has 1 atom stereocenters. The lowest BCUT2D eigenvalue weighted by atomic mass is 10.2. The topological polar surface area (TPSA) is 34.1 Å². The summed E-state index contributed by atoms with van der Waals surface area (Å²) in [6, 6.07) is 0. The van der Waals surface area contributed by atoms with Crippen LogP contribution < -0.4 is 0 Å². The first-order valence-corrected chi connectivity index (χ1v) is 6.29. The molecular formula is C6H12O2S2. The summed E-state index contributed by atoms with van der Waals surface area (Å²) in [7, 11) is -1.60. The van der Waals surface area contributed by atoms with Crippen LogP contribution in [-0.2, 0) is 8.87 Å². The van der Waals surface area contributed by atoms with Gasteiger partial charge in [0.1, 0.15) is 4.08 Å². The van der Waals surface area contributed by atoms with Gasteiger partial charge < -0.3 is 0 Å². The average Bonchev–Trinajstić information content (AvgIpc) is 2.29. The molecule has 1 aliphatic rings. The van der Waals surface area contributed by atoms with Crippen molar-refractivity contribution in [3.63, 3.8) is 0 Å². The lowest BCUT2D eigenvalue weighted by Gasteiger charge is -1.98. The van der Waals surface area contributed by atoms with Crippen LogP contribution in [0, 0.1) is 0 Å². The Hall–Kier alpha value is 0.300. The zero-order chi connectivity index (χ0) is 7.83. The third kappa shape index (κ3) is 1.32. The number of hydrogen-bond acceptors (Lipinski definition) is 3. The van der Waals surface area contributed by atoms with Gasteiger partial charge in [-0.05, 0) is 24.1 Å². The van der Waals surface area contributed by atoms with Crippen LogP contribution in [0.3, 0.4) is 0 Å². The molecule has 4 heteroatoms. The number of rotatable bonds is 3. The monoisotopic (exact) mass is 180 g/mol. The van der Waals surface area contributed by atoms with Crippen molar-refractivity contribution < 1.29 is 8.42 Å². The molecule has 1 rings (SSSR count). The Kier molecular flexibility index (Phi) is 2.02. The van der Waals surface area contributed by atoms with Gasteiger partial charge in [0.05, 0.1) is 0 Å². The maximum Gasteiger partial charge on any atom is 0.218 e. The van der Waals surface area contributed by atoms with E-state index in [4.69, 9.17) is 0 Å². The molecule has 0 N–H and O–H groups in total. The number of hydrogen-bond donors (Lipinski definition) is 0. The van der Waals surface area contributed by atoms with Gasteiger partial charge in [-0.15, -0.1) is 0 Å². The molecule has 1 heterocycles. The summed E-state index contributed by atoms with van der Waals surface area (Å²) in [4.78, 5) is 0. The zero-order valence-corrected chi connectivity index (χ0v) is 7.89. The molecule has 0 bridgehead atoms. The van der Waals surface area contributed by atoms with Gasteiger partial charge in [0.2, 0.25) is 8.87 Å². The van der Waals surface area contributed by atoms with E-state index in [0.29, 0.717) is 0 Å². The second-order valence-electron chi connectivity index (χ2n) is 2.77. The third-order valence-corrected chi connectivity index (χ3v) is 6.78. The first-order valence-electron chi connectivity index (χ1n) is 3.47. The van der Waals surface area contributed by atoms with Crippen LogP contribution in [0.4, 0.5) is 0 Å². The maximum atomic E-state index is 10.9. The molecule has 0 aromatic heterocycles. The second-order valence-corrected chi connectivity index (χ2v) is 7.73. The quantitative estimate of drug-likeness (QED) is 0.492. The molecule has 60 valence electrons. The van der Waals surface area contributed by atoms with Gasteiger partial charge in [0.15, 0.2) is 0 Å². The van der Waals surface area contributed by atoms with E-state index in [1.54, 1.807) is 0 Å². The largest absolute Gasteiger partial charge is 0.218 e. The lowest BCUT2D eigenvalue weighted by Crippen LogP contribution is -2.04. The van der Waals surface area contributed by atoms with Crippen LogP contribution >= 0.6 is 10.8 Å². The van der Waals surface area contributed by atoms with E-state index in [9.17, 15) is 8.42 Å². The first-order chi connectivity index (χ1) is 4.52. The van der Waals surface area contributed by atoms with E-state index in [1.807, 2.05) is 6.92 Å². The third-order valence-electron chi connectivity index (χ3n) is 1.77. The highest BCUT2D eigenvalue weighted by molar-refractivity contribution is 8.88. The zero-order valence-electron chi connectivity index (χ0n) is 6.25. The van der Waals surface area contributed by atoms with E-state index in [2.05, 4.69) is 6.92 Å². The Balaban J connectivity index is 2.45. The molecule has 0 spiro atoms. The van der Waals surface area contributed by atoms with E-state index in [-0.39, 0.29) is 0 Å². The van der Waals surface area contributed by atoms with Crippen molar-refractivity contribution in [1.82, 2.24) is 0 Å². The molecule has 10 heavy (non-hydrogen) atoms. The van der Waals surface area contributed by atoms with Crippen LogP contribution in [0.25, 0.3) is 0 Å². The Morgan fingerprint density at radius 2 is 2.00 bits per heavy atom. The fourth-order valence-electron chi connectivity index (χ4n) is 0.880. The van der Waals surface area contributed by atoms with Crippen molar-refractivity contribution in [2.45, 2.75) is 37.2 Å². The van der Waals surface area contributed by atoms with E-state index in [1.165, 1.54) is 0 Å². The lowest BCUT2D eigenvalue weighted by molar-refractivity contribution is 0.590. The molecule has 1 aliphatic heterocycles. The summed E-state index contributed by atoms with van der Waals surface area (Å²) in [6.07, 6.45) is 2.91. The van der Waals surface area contributed by atoms with Crippen LogP contribution in [0.5, 0.6) is 0 Å². The van der Waals surface area contributed by atoms with Gasteiger partial charge in [0.25, 0.3) is 0 Å². The van der Waals surface area contributed by atoms with Gasteiger partial charge >= 0.3 is 0 Å². The van der Waals surface area contributed by atoms with Crippen molar-refractivity contribution in [3.8, 4) is 0 Å². The highest BCUT2D eigenvalue weighted by Crippen LogP contribution is 2.58. The van der Waals surface area contributed by atoms with Crippen molar-refractivity contribution in [2.75, 3.05) is 0 Å². The van der Waals surface area contributed by atoms with E-state index < -0.39 is 12.9 Å². The molecule has 0 aromatic rings. The molecule has 1 fully saturated rings.